The van der Waals surface area contributed by atoms with Crippen molar-refractivity contribution in [3.05, 3.63) is 67.7 Å². The van der Waals surface area contributed by atoms with Crippen LogP contribution in [0.2, 0.25) is 0 Å². The second-order valence-electron chi connectivity index (χ2n) is 5.26. The third kappa shape index (κ3) is 3.75. The van der Waals surface area contributed by atoms with E-state index in [4.69, 9.17) is 9.47 Å². The molecular formula is C17H14BrFN2O6. The standard InChI is InChI=1S/C17H14BrFN2O6/c1-9-8-11(21(24)25)13(19)12(18)14(9)20-7-5-4-6-10(16(22)26-2)15(20)17(23)27-3/h4-8H,1-3H3. The van der Waals surface area contributed by atoms with Crippen LogP contribution in [0, 0.1) is 22.9 Å². The van der Waals surface area contributed by atoms with Crippen molar-refractivity contribution in [2.75, 3.05) is 19.1 Å². The van der Waals surface area contributed by atoms with E-state index in [-0.39, 0.29) is 27.0 Å². The zero-order valence-corrected chi connectivity index (χ0v) is 16.1. The topological polar surface area (TPSA) is 99.0 Å². The summed E-state index contributed by atoms with van der Waals surface area (Å²) in [5.74, 6) is -2.80. The SMILES string of the molecule is COC(=O)C1=C(C(=O)OC)N(c2c(C)cc([N+](=O)[O-])c(F)c2Br)C=CC=C1. The molecule has 1 aromatic rings. The Balaban J connectivity index is 2.83. The number of nitrogens with zero attached hydrogens (tertiary/aromatic N) is 2. The van der Waals surface area contributed by atoms with E-state index in [0.29, 0.717) is 0 Å². The summed E-state index contributed by atoms with van der Waals surface area (Å²) in [7, 11) is 2.27. The van der Waals surface area contributed by atoms with E-state index in [1.165, 1.54) is 36.3 Å². The van der Waals surface area contributed by atoms with Crippen LogP contribution in [0.4, 0.5) is 15.8 Å². The van der Waals surface area contributed by atoms with E-state index in [9.17, 15) is 24.1 Å². The third-order valence-corrected chi connectivity index (χ3v) is 4.40. The van der Waals surface area contributed by atoms with Crippen molar-refractivity contribution >= 4 is 39.2 Å². The Labute approximate surface area is 161 Å². The van der Waals surface area contributed by atoms with Crippen LogP contribution >= 0.6 is 15.9 Å². The smallest absolute Gasteiger partial charge is 0.355 e. The highest BCUT2D eigenvalue weighted by atomic mass is 79.9. The molecule has 0 saturated carbocycles. The maximum Gasteiger partial charge on any atom is 0.355 e. The molecule has 27 heavy (non-hydrogen) atoms. The molecule has 0 aliphatic carbocycles. The van der Waals surface area contributed by atoms with Gasteiger partial charge in [0.1, 0.15) is 5.70 Å². The van der Waals surface area contributed by atoms with Crippen LogP contribution in [0.1, 0.15) is 5.56 Å². The first-order valence-electron chi connectivity index (χ1n) is 7.42. The first kappa shape index (κ1) is 20.3. The average Bonchev–Trinajstić information content (AvgIpc) is 2.86. The molecule has 0 unspecified atom stereocenters. The molecule has 0 fully saturated rings. The van der Waals surface area contributed by atoms with Crippen molar-refractivity contribution < 1.29 is 28.4 Å². The van der Waals surface area contributed by atoms with Crippen molar-refractivity contribution in [1.29, 1.82) is 0 Å². The molecule has 1 heterocycles. The lowest BCUT2D eigenvalue weighted by Gasteiger charge is -2.25. The summed E-state index contributed by atoms with van der Waals surface area (Å²) in [6, 6.07) is 1.04. The van der Waals surface area contributed by atoms with Crippen LogP contribution in [-0.4, -0.2) is 31.1 Å². The first-order chi connectivity index (χ1) is 12.7. The number of rotatable bonds is 4. The van der Waals surface area contributed by atoms with Gasteiger partial charge in [-0.05, 0) is 40.6 Å². The molecule has 8 nitrogen and oxygen atoms in total. The van der Waals surface area contributed by atoms with Gasteiger partial charge in [-0.3, -0.25) is 10.1 Å². The maximum atomic E-state index is 14.5. The Morgan fingerprint density at radius 2 is 1.85 bits per heavy atom. The molecule has 0 bridgehead atoms. The number of esters is 2. The van der Waals surface area contributed by atoms with Crippen LogP contribution in [0.3, 0.4) is 0 Å². The summed E-state index contributed by atoms with van der Waals surface area (Å²) in [5, 5.41) is 11.0. The fourth-order valence-electron chi connectivity index (χ4n) is 2.49. The number of methoxy groups -OCH3 is 2. The van der Waals surface area contributed by atoms with Crippen molar-refractivity contribution in [1.82, 2.24) is 0 Å². The number of carbonyl (C=O) groups is 2. The zero-order valence-electron chi connectivity index (χ0n) is 14.5. The van der Waals surface area contributed by atoms with Crippen LogP contribution in [0.25, 0.3) is 0 Å². The predicted octanol–water partition coefficient (Wildman–Crippen LogP) is 3.29. The van der Waals surface area contributed by atoms with Gasteiger partial charge in [-0.1, -0.05) is 6.08 Å². The number of nitro groups is 1. The van der Waals surface area contributed by atoms with Crippen molar-refractivity contribution in [3.63, 3.8) is 0 Å². The lowest BCUT2D eigenvalue weighted by molar-refractivity contribution is -0.387. The Morgan fingerprint density at radius 1 is 1.22 bits per heavy atom. The molecular weight excluding hydrogens is 427 g/mol. The highest BCUT2D eigenvalue weighted by molar-refractivity contribution is 9.10. The molecule has 10 heteroatoms. The number of aryl methyl sites for hydroxylation is 1. The fraction of sp³-hybridized carbons (Fsp3) is 0.176. The molecule has 0 amide bonds. The first-order valence-corrected chi connectivity index (χ1v) is 8.21. The highest BCUT2D eigenvalue weighted by Gasteiger charge is 2.32. The van der Waals surface area contributed by atoms with Gasteiger partial charge in [0.2, 0.25) is 5.82 Å². The Morgan fingerprint density at radius 3 is 2.41 bits per heavy atom. The minimum absolute atomic E-state index is 0.0971. The molecule has 0 spiro atoms. The Hall–Kier alpha value is -3.01. The number of nitro benzene ring substituents is 1. The van der Waals surface area contributed by atoms with E-state index >= 15 is 0 Å². The quantitative estimate of drug-likeness (QED) is 0.402. The summed E-state index contributed by atoms with van der Waals surface area (Å²) in [4.78, 5) is 35.9. The van der Waals surface area contributed by atoms with Crippen molar-refractivity contribution in [2.24, 2.45) is 0 Å². The highest BCUT2D eigenvalue weighted by Crippen LogP contribution is 2.40. The number of allylic oxidation sites excluding steroid dienone is 2. The minimum atomic E-state index is -1.12. The number of ether oxygens (including phenoxy) is 2. The van der Waals surface area contributed by atoms with E-state index in [2.05, 4.69) is 15.9 Å². The van der Waals surface area contributed by atoms with Gasteiger partial charge in [0, 0.05) is 12.3 Å². The number of carbonyl (C=O) groups excluding carboxylic acids is 2. The molecule has 0 N–H and O–H groups in total. The second-order valence-corrected chi connectivity index (χ2v) is 6.06. The summed E-state index contributed by atoms with van der Waals surface area (Å²) < 4.78 is 23.7. The largest absolute Gasteiger partial charge is 0.465 e. The molecule has 0 atom stereocenters. The average molecular weight is 441 g/mol. The molecule has 0 aromatic heterocycles. The van der Waals surface area contributed by atoms with Gasteiger partial charge in [-0.25, -0.2) is 9.59 Å². The van der Waals surface area contributed by atoms with Gasteiger partial charge in [0.15, 0.2) is 0 Å². The van der Waals surface area contributed by atoms with Crippen molar-refractivity contribution in [3.8, 4) is 0 Å². The van der Waals surface area contributed by atoms with Crippen LogP contribution in [0.15, 0.2) is 46.2 Å². The van der Waals surface area contributed by atoms with Gasteiger partial charge in [-0.2, -0.15) is 4.39 Å². The molecule has 2 rings (SSSR count). The van der Waals surface area contributed by atoms with Crippen LogP contribution < -0.4 is 4.90 Å². The molecule has 1 aromatic carbocycles. The van der Waals surface area contributed by atoms with E-state index < -0.39 is 28.4 Å². The molecule has 0 radical (unpaired) electrons. The van der Waals surface area contributed by atoms with Gasteiger partial charge in [0.25, 0.3) is 0 Å². The van der Waals surface area contributed by atoms with Crippen LogP contribution in [-0.2, 0) is 19.1 Å². The number of hydrogen-bond donors (Lipinski definition) is 0. The van der Waals surface area contributed by atoms with Crippen molar-refractivity contribution in [2.45, 2.75) is 6.92 Å². The molecule has 1 aliphatic heterocycles. The molecule has 1 aliphatic rings. The Bertz CT molecular complexity index is 922. The zero-order chi connectivity index (χ0) is 20.3. The maximum absolute atomic E-state index is 14.5. The minimum Gasteiger partial charge on any atom is -0.465 e. The van der Waals surface area contributed by atoms with Gasteiger partial charge >= 0.3 is 17.6 Å². The van der Waals surface area contributed by atoms with E-state index in [0.717, 1.165) is 20.3 Å². The predicted molar refractivity (Wildman–Crippen MR) is 97.3 cm³/mol. The van der Waals surface area contributed by atoms with Crippen LogP contribution in [0.5, 0.6) is 0 Å². The van der Waals surface area contributed by atoms with Gasteiger partial charge < -0.3 is 14.4 Å². The second kappa shape index (κ2) is 8.12. The molecule has 142 valence electrons. The number of hydrogen-bond acceptors (Lipinski definition) is 7. The lowest BCUT2D eigenvalue weighted by Crippen LogP contribution is -2.28. The normalized spacial score (nSPS) is 13.4. The van der Waals surface area contributed by atoms with E-state index in [1.54, 1.807) is 0 Å². The monoisotopic (exact) mass is 440 g/mol. The summed E-state index contributed by atoms with van der Waals surface area (Å²) >= 11 is 3.02. The van der Waals surface area contributed by atoms with Gasteiger partial charge in [0.05, 0.1) is 34.9 Å². The number of benzene rings is 1. The van der Waals surface area contributed by atoms with Gasteiger partial charge in [-0.15, -0.1) is 0 Å². The summed E-state index contributed by atoms with van der Waals surface area (Å²) in [5.41, 5.74) is -0.699. The summed E-state index contributed by atoms with van der Waals surface area (Å²) in [6.07, 6.45) is 5.74. The Kier molecular flexibility index (Phi) is 6.11. The third-order valence-electron chi connectivity index (χ3n) is 3.68. The van der Waals surface area contributed by atoms with E-state index in [1.807, 2.05) is 0 Å². The fourth-order valence-corrected chi connectivity index (χ4v) is 3.20. The number of halogens is 2. The number of anilines is 1. The molecule has 0 saturated heterocycles. The lowest BCUT2D eigenvalue weighted by atomic mass is 10.1. The summed E-state index contributed by atoms with van der Waals surface area (Å²) in [6.45, 7) is 1.51.